The fourth-order valence-electron chi connectivity index (χ4n) is 3.64. The number of piperidine rings is 1. The third kappa shape index (κ3) is 4.50. The van der Waals surface area contributed by atoms with Crippen LogP contribution in [0.2, 0.25) is 5.02 Å². The number of halogens is 1. The van der Waals surface area contributed by atoms with Gasteiger partial charge >= 0.3 is 6.03 Å². The average molecular weight is 453 g/mol. The molecular formula is C23H21ClN4O4. The number of aromatic nitrogens is 1. The third-order valence-electron chi connectivity index (χ3n) is 5.42. The molecule has 3 N–H and O–H groups in total. The van der Waals surface area contributed by atoms with Gasteiger partial charge in [-0.15, -0.1) is 0 Å². The van der Waals surface area contributed by atoms with Gasteiger partial charge in [0.25, 0.3) is 5.56 Å². The number of benzene rings is 2. The minimum Gasteiger partial charge on any atom is -0.334 e. The molecule has 1 fully saturated rings. The van der Waals surface area contributed by atoms with Crippen molar-refractivity contribution >= 4 is 45.9 Å². The van der Waals surface area contributed by atoms with E-state index in [-0.39, 0.29) is 30.5 Å². The van der Waals surface area contributed by atoms with Gasteiger partial charge in [-0.1, -0.05) is 23.7 Å². The lowest BCUT2D eigenvalue weighted by Gasteiger charge is -2.23. The standard InChI is InChI=1S/C23H21ClN4O4/c1-13-2-4-16(11-18(13)24)26-23(32)25-12-14-3-5-17-15(10-14)8-9-28(22(17)31)19-6-7-20(29)27-21(19)30/h2-5,8-11,19H,6-7,12H2,1H3,(H2,25,26,32)(H,27,29,30). The Morgan fingerprint density at radius 2 is 1.97 bits per heavy atom. The second kappa shape index (κ2) is 8.84. The smallest absolute Gasteiger partial charge is 0.319 e. The molecule has 4 rings (SSSR count). The van der Waals surface area contributed by atoms with Gasteiger partial charge in [0, 0.05) is 35.3 Å². The lowest BCUT2D eigenvalue weighted by atomic mass is 10.0. The third-order valence-corrected chi connectivity index (χ3v) is 5.83. The summed E-state index contributed by atoms with van der Waals surface area (Å²) in [5.74, 6) is -0.795. The van der Waals surface area contributed by atoms with Gasteiger partial charge in [-0.2, -0.15) is 0 Å². The Kier molecular flexibility index (Phi) is 5.96. The van der Waals surface area contributed by atoms with Gasteiger partial charge in [0.05, 0.1) is 0 Å². The lowest BCUT2D eigenvalue weighted by Crippen LogP contribution is -2.44. The number of urea groups is 1. The van der Waals surface area contributed by atoms with Crippen molar-refractivity contribution in [2.45, 2.75) is 32.4 Å². The molecule has 2 aromatic carbocycles. The largest absolute Gasteiger partial charge is 0.334 e. The van der Waals surface area contributed by atoms with Gasteiger partial charge in [-0.3, -0.25) is 19.7 Å². The van der Waals surface area contributed by atoms with Gasteiger partial charge in [0.2, 0.25) is 11.8 Å². The number of fused-ring (bicyclic) bond motifs is 1. The summed E-state index contributed by atoms with van der Waals surface area (Å²) in [7, 11) is 0. The maximum Gasteiger partial charge on any atom is 0.319 e. The molecule has 0 aliphatic carbocycles. The molecule has 9 heteroatoms. The fraction of sp³-hybridized carbons (Fsp3) is 0.217. The molecule has 1 aliphatic rings. The van der Waals surface area contributed by atoms with Gasteiger partial charge < -0.3 is 15.2 Å². The van der Waals surface area contributed by atoms with E-state index < -0.39 is 11.9 Å². The summed E-state index contributed by atoms with van der Waals surface area (Å²) in [6.45, 7) is 2.14. The van der Waals surface area contributed by atoms with Crippen LogP contribution in [0.4, 0.5) is 10.5 Å². The van der Waals surface area contributed by atoms with Gasteiger partial charge in [-0.25, -0.2) is 4.79 Å². The predicted octanol–water partition coefficient (Wildman–Crippen LogP) is 3.26. The summed E-state index contributed by atoms with van der Waals surface area (Å²) in [6, 6.07) is 11.2. The minimum atomic E-state index is -0.704. The minimum absolute atomic E-state index is 0.197. The Morgan fingerprint density at radius 1 is 1.16 bits per heavy atom. The second-order valence-corrected chi connectivity index (χ2v) is 8.10. The van der Waals surface area contributed by atoms with Gasteiger partial charge in [0.1, 0.15) is 6.04 Å². The Balaban J connectivity index is 1.46. The van der Waals surface area contributed by atoms with E-state index in [9.17, 15) is 19.2 Å². The van der Waals surface area contributed by atoms with Crippen molar-refractivity contribution in [2.75, 3.05) is 5.32 Å². The van der Waals surface area contributed by atoms with Crippen LogP contribution in [0, 0.1) is 6.92 Å². The van der Waals surface area contributed by atoms with Crippen molar-refractivity contribution in [1.29, 1.82) is 0 Å². The highest BCUT2D eigenvalue weighted by atomic mass is 35.5. The number of carbonyl (C=O) groups excluding carboxylic acids is 3. The number of anilines is 1. The normalized spacial score (nSPS) is 16.0. The van der Waals surface area contributed by atoms with E-state index in [1.54, 1.807) is 36.5 Å². The highest BCUT2D eigenvalue weighted by Crippen LogP contribution is 2.21. The molecule has 2 heterocycles. The molecule has 4 amide bonds. The summed E-state index contributed by atoms with van der Waals surface area (Å²) in [4.78, 5) is 48.6. The highest BCUT2D eigenvalue weighted by molar-refractivity contribution is 6.31. The van der Waals surface area contributed by atoms with Crippen LogP contribution in [0.1, 0.15) is 30.0 Å². The van der Waals surface area contributed by atoms with Crippen molar-refractivity contribution in [3.8, 4) is 0 Å². The molecule has 1 saturated heterocycles. The monoisotopic (exact) mass is 452 g/mol. The SMILES string of the molecule is Cc1ccc(NC(=O)NCc2ccc3c(=O)n(C4CCC(=O)NC4=O)ccc3c2)cc1Cl. The zero-order chi connectivity index (χ0) is 22.8. The van der Waals surface area contributed by atoms with Gasteiger partial charge in [0.15, 0.2) is 0 Å². The first-order chi connectivity index (χ1) is 15.3. The van der Waals surface area contributed by atoms with Crippen LogP contribution in [-0.2, 0) is 16.1 Å². The van der Waals surface area contributed by atoms with Crippen molar-refractivity contribution in [1.82, 2.24) is 15.2 Å². The van der Waals surface area contributed by atoms with E-state index in [0.717, 1.165) is 11.1 Å². The zero-order valence-electron chi connectivity index (χ0n) is 17.3. The molecule has 3 aromatic rings. The number of rotatable bonds is 4. The average Bonchev–Trinajstić information content (AvgIpc) is 2.76. The summed E-state index contributed by atoms with van der Waals surface area (Å²) >= 11 is 6.08. The summed E-state index contributed by atoms with van der Waals surface area (Å²) < 4.78 is 1.36. The van der Waals surface area contributed by atoms with E-state index in [1.165, 1.54) is 4.57 Å². The van der Waals surface area contributed by atoms with Crippen LogP contribution in [0.3, 0.4) is 0 Å². The fourth-order valence-corrected chi connectivity index (χ4v) is 3.82. The molecule has 0 radical (unpaired) electrons. The number of hydrogen-bond acceptors (Lipinski definition) is 4. The molecule has 164 valence electrons. The summed E-state index contributed by atoms with van der Waals surface area (Å²) in [5.41, 5.74) is 2.02. The predicted molar refractivity (Wildman–Crippen MR) is 122 cm³/mol. The Morgan fingerprint density at radius 3 is 2.72 bits per heavy atom. The molecule has 1 unspecified atom stereocenters. The number of imide groups is 1. The van der Waals surface area contributed by atoms with Crippen molar-refractivity contribution in [2.24, 2.45) is 0 Å². The van der Waals surface area contributed by atoms with E-state index in [4.69, 9.17) is 11.6 Å². The van der Waals surface area contributed by atoms with E-state index in [0.29, 0.717) is 27.9 Å². The molecule has 1 aliphatic heterocycles. The Labute approximate surface area is 188 Å². The summed E-state index contributed by atoms with van der Waals surface area (Å²) in [6.07, 6.45) is 2.05. The van der Waals surface area contributed by atoms with Crippen LogP contribution in [0.5, 0.6) is 0 Å². The van der Waals surface area contributed by atoms with Crippen LogP contribution >= 0.6 is 11.6 Å². The maximum atomic E-state index is 12.9. The van der Waals surface area contributed by atoms with Crippen molar-refractivity contribution < 1.29 is 14.4 Å². The first kappa shape index (κ1) is 21.6. The molecule has 1 atom stereocenters. The first-order valence-electron chi connectivity index (χ1n) is 10.1. The lowest BCUT2D eigenvalue weighted by molar-refractivity contribution is -0.135. The Hall–Kier alpha value is -3.65. The van der Waals surface area contributed by atoms with E-state index in [2.05, 4.69) is 16.0 Å². The number of aryl methyl sites for hydroxylation is 1. The number of carbonyl (C=O) groups is 3. The van der Waals surface area contributed by atoms with E-state index >= 15 is 0 Å². The molecular weight excluding hydrogens is 432 g/mol. The van der Waals surface area contributed by atoms with Crippen LogP contribution in [0.25, 0.3) is 10.8 Å². The number of pyridine rings is 1. The topological polar surface area (TPSA) is 109 Å². The second-order valence-electron chi connectivity index (χ2n) is 7.69. The number of hydrogen-bond donors (Lipinski definition) is 3. The molecule has 1 aromatic heterocycles. The number of nitrogens with zero attached hydrogens (tertiary/aromatic N) is 1. The molecule has 0 spiro atoms. The van der Waals surface area contributed by atoms with Crippen molar-refractivity contribution in [3.63, 3.8) is 0 Å². The van der Waals surface area contributed by atoms with Crippen LogP contribution in [-0.4, -0.2) is 22.4 Å². The summed E-state index contributed by atoms with van der Waals surface area (Å²) in [5, 5.41) is 9.50. The Bertz CT molecular complexity index is 1300. The number of amides is 4. The van der Waals surface area contributed by atoms with Crippen molar-refractivity contribution in [3.05, 3.63) is 75.2 Å². The molecule has 0 bridgehead atoms. The molecule has 0 saturated carbocycles. The highest BCUT2D eigenvalue weighted by Gasteiger charge is 2.28. The first-order valence-corrected chi connectivity index (χ1v) is 10.5. The van der Waals surface area contributed by atoms with Crippen LogP contribution < -0.4 is 21.5 Å². The van der Waals surface area contributed by atoms with Gasteiger partial charge in [-0.05, 0) is 60.2 Å². The number of nitrogens with one attached hydrogen (secondary N) is 3. The van der Waals surface area contributed by atoms with Crippen LogP contribution in [0.15, 0.2) is 53.5 Å². The zero-order valence-corrected chi connectivity index (χ0v) is 18.0. The van der Waals surface area contributed by atoms with E-state index in [1.807, 2.05) is 19.1 Å². The molecule has 8 nitrogen and oxygen atoms in total. The maximum absolute atomic E-state index is 12.9. The quantitative estimate of drug-likeness (QED) is 0.528. The molecule has 32 heavy (non-hydrogen) atoms.